The van der Waals surface area contributed by atoms with Crippen LogP contribution >= 0.6 is 22.9 Å². The number of nitrogens with zero attached hydrogens (tertiary/aromatic N) is 1. The number of amides is 2. The zero-order valence-electron chi connectivity index (χ0n) is 14.3. The van der Waals surface area contributed by atoms with E-state index < -0.39 is 12.0 Å². The first-order valence-corrected chi connectivity index (χ1v) is 9.31. The second-order valence-corrected chi connectivity index (χ2v) is 6.97. The van der Waals surface area contributed by atoms with Crippen molar-refractivity contribution in [2.45, 2.75) is 6.42 Å². The van der Waals surface area contributed by atoms with Gasteiger partial charge in [-0.05, 0) is 18.2 Å². The lowest BCUT2D eigenvalue weighted by molar-refractivity contribution is -0.136. The average Bonchev–Trinajstić information content (AvgIpc) is 3.09. The number of halogens is 1. The summed E-state index contributed by atoms with van der Waals surface area (Å²) in [5.74, 6) is -1.29. The lowest BCUT2D eigenvalue weighted by atomic mass is 10.0. The number of hydrogen-bond acceptors (Lipinski definition) is 5. The van der Waals surface area contributed by atoms with E-state index in [9.17, 15) is 14.4 Å². The van der Waals surface area contributed by atoms with Gasteiger partial charge in [-0.15, -0.1) is 11.3 Å². The van der Waals surface area contributed by atoms with Crippen molar-refractivity contribution < 1.29 is 19.5 Å². The first-order chi connectivity index (χ1) is 13.4. The van der Waals surface area contributed by atoms with Crippen LogP contribution in [0.5, 0.6) is 0 Å². The van der Waals surface area contributed by atoms with Crippen molar-refractivity contribution >= 4 is 51.5 Å². The number of thiazole rings is 1. The number of aliphatic carboxylic acids is 1. The second-order valence-electron chi connectivity index (χ2n) is 5.68. The number of carboxylic acids is 1. The van der Waals surface area contributed by atoms with Crippen LogP contribution in [-0.2, 0) is 11.2 Å². The minimum absolute atomic E-state index is 0.229. The molecule has 0 bridgehead atoms. The molecular formula is C19H14ClN3O4S. The van der Waals surface area contributed by atoms with Crippen LogP contribution in [0.3, 0.4) is 0 Å². The van der Waals surface area contributed by atoms with Crippen molar-refractivity contribution in [2.75, 3.05) is 10.6 Å². The first kappa shape index (κ1) is 19.5. The summed E-state index contributed by atoms with van der Waals surface area (Å²) in [6.07, 6.45) is -0.229. The van der Waals surface area contributed by atoms with Crippen LogP contribution in [0.25, 0.3) is 0 Å². The SMILES string of the molecule is O=C(O)Cc1csc(NC(=O)Nc2ccc(Cl)cc2C(=O)c2ccccc2)n1. The molecule has 2 amide bonds. The summed E-state index contributed by atoms with van der Waals surface area (Å²) >= 11 is 7.13. The number of aromatic nitrogens is 1. The molecule has 0 aliphatic heterocycles. The number of carbonyl (C=O) groups excluding carboxylic acids is 2. The molecule has 3 N–H and O–H groups in total. The molecule has 3 rings (SSSR count). The molecule has 0 fully saturated rings. The fourth-order valence-corrected chi connectivity index (χ4v) is 3.29. The Kier molecular flexibility index (Phi) is 6.03. The van der Waals surface area contributed by atoms with Crippen LogP contribution in [0.15, 0.2) is 53.9 Å². The predicted octanol–water partition coefficient (Wildman–Crippen LogP) is 4.30. The fourth-order valence-electron chi connectivity index (χ4n) is 2.41. The topological polar surface area (TPSA) is 108 Å². The highest BCUT2D eigenvalue weighted by atomic mass is 35.5. The molecule has 0 radical (unpaired) electrons. The lowest BCUT2D eigenvalue weighted by Gasteiger charge is -2.11. The summed E-state index contributed by atoms with van der Waals surface area (Å²) in [7, 11) is 0. The zero-order chi connectivity index (χ0) is 20.1. The summed E-state index contributed by atoms with van der Waals surface area (Å²) in [5.41, 5.74) is 1.35. The number of hydrogen-bond donors (Lipinski definition) is 3. The molecule has 9 heteroatoms. The normalized spacial score (nSPS) is 10.3. The largest absolute Gasteiger partial charge is 0.481 e. The van der Waals surface area contributed by atoms with Crippen molar-refractivity contribution in [3.05, 3.63) is 75.8 Å². The maximum absolute atomic E-state index is 12.8. The Labute approximate surface area is 169 Å². The maximum Gasteiger partial charge on any atom is 0.325 e. The molecule has 1 aromatic heterocycles. The Morgan fingerprint density at radius 1 is 1.07 bits per heavy atom. The average molecular weight is 416 g/mol. The lowest BCUT2D eigenvalue weighted by Crippen LogP contribution is -2.21. The van der Waals surface area contributed by atoms with Crippen molar-refractivity contribution in [1.29, 1.82) is 0 Å². The number of nitrogens with one attached hydrogen (secondary N) is 2. The Morgan fingerprint density at radius 3 is 2.54 bits per heavy atom. The van der Waals surface area contributed by atoms with Crippen LogP contribution in [0.1, 0.15) is 21.6 Å². The molecule has 142 valence electrons. The Bertz CT molecular complexity index is 1040. The van der Waals surface area contributed by atoms with E-state index in [0.717, 1.165) is 11.3 Å². The van der Waals surface area contributed by atoms with E-state index in [1.807, 2.05) is 0 Å². The third-order valence-corrected chi connectivity index (χ3v) is 4.66. The van der Waals surface area contributed by atoms with Gasteiger partial charge in [0.05, 0.1) is 17.8 Å². The zero-order valence-corrected chi connectivity index (χ0v) is 15.9. The van der Waals surface area contributed by atoms with Gasteiger partial charge in [0.1, 0.15) is 0 Å². The van der Waals surface area contributed by atoms with Gasteiger partial charge in [0, 0.05) is 21.5 Å². The highest BCUT2D eigenvalue weighted by molar-refractivity contribution is 7.14. The third kappa shape index (κ3) is 4.93. The van der Waals surface area contributed by atoms with E-state index in [1.54, 1.807) is 41.8 Å². The van der Waals surface area contributed by atoms with Crippen LogP contribution < -0.4 is 10.6 Å². The summed E-state index contributed by atoms with van der Waals surface area (Å²) in [4.78, 5) is 39.8. The van der Waals surface area contributed by atoms with Gasteiger partial charge >= 0.3 is 12.0 Å². The number of carboxylic acid groups (broad SMARTS) is 1. The smallest absolute Gasteiger partial charge is 0.325 e. The molecule has 1 heterocycles. The molecule has 28 heavy (non-hydrogen) atoms. The Balaban J connectivity index is 1.76. The van der Waals surface area contributed by atoms with Gasteiger partial charge in [0.2, 0.25) is 0 Å². The molecule has 0 saturated carbocycles. The molecule has 0 unspecified atom stereocenters. The molecule has 0 aliphatic carbocycles. The Hall–Kier alpha value is -3.23. The number of anilines is 2. The molecule has 2 aromatic carbocycles. The van der Waals surface area contributed by atoms with E-state index in [1.165, 1.54) is 12.1 Å². The van der Waals surface area contributed by atoms with Crippen LogP contribution in [0, 0.1) is 0 Å². The van der Waals surface area contributed by atoms with Crippen LogP contribution in [0.2, 0.25) is 5.02 Å². The number of rotatable bonds is 6. The van der Waals surface area contributed by atoms with Gasteiger partial charge in [-0.25, -0.2) is 9.78 Å². The molecule has 0 spiro atoms. The van der Waals surface area contributed by atoms with Gasteiger partial charge in [0.15, 0.2) is 10.9 Å². The van der Waals surface area contributed by atoms with Crippen molar-refractivity contribution in [3.8, 4) is 0 Å². The van der Waals surface area contributed by atoms with Crippen LogP contribution in [0.4, 0.5) is 15.6 Å². The van der Waals surface area contributed by atoms with Crippen molar-refractivity contribution in [1.82, 2.24) is 4.98 Å². The summed E-state index contributed by atoms with van der Waals surface area (Å²) in [6.45, 7) is 0. The molecule has 0 aliphatic rings. The summed E-state index contributed by atoms with van der Waals surface area (Å²) in [6, 6.07) is 12.6. The quantitative estimate of drug-likeness (QED) is 0.520. The summed E-state index contributed by atoms with van der Waals surface area (Å²) < 4.78 is 0. The van der Waals surface area contributed by atoms with Gasteiger partial charge in [0.25, 0.3) is 0 Å². The number of benzene rings is 2. The highest BCUT2D eigenvalue weighted by Crippen LogP contribution is 2.24. The van der Waals surface area contributed by atoms with E-state index in [-0.39, 0.29) is 28.6 Å². The monoisotopic (exact) mass is 415 g/mol. The third-order valence-electron chi connectivity index (χ3n) is 3.61. The van der Waals surface area contributed by atoms with E-state index in [0.29, 0.717) is 16.3 Å². The number of urea groups is 1. The molecular weight excluding hydrogens is 402 g/mol. The van der Waals surface area contributed by atoms with Gasteiger partial charge in [-0.1, -0.05) is 41.9 Å². The van der Waals surface area contributed by atoms with Crippen LogP contribution in [-0.4, -0.2) is 27.9 Å². The molecule has 3 aromatic rings. The first-order valence-electron chi connectivity index (χ1n) is 8.06. The van der Waals surface area contributed by atoms with Gasteiger partial charge in [-0.3, -0.25) is 14.9 Å². The number of ketones is 1. The molecule has 7 nitrogen and oxygen atoms in total. The van der Waals surface area contributed by atoms with E-state index in [2.05, 4.69) is 15.6 Å². The van der Waals surface area contributed by atoms with E-state index >= 15 is 0 Å². The molecule has 0 saturated heterocycles. The minimum atomic E-state index is -1.01. The standard InChI is InChI=1S/C19H14ClN3O4S/c20-12-6-7-15(14(8-12)17(26)11-4-2-1-3-5-11)22-18(27)23-19-21-13(10-28-19)9-16(24)25/h1-8,10H,9H2,(H,24,25)(H2,21,22,23,27). The molecule has 0 atom stereocenters. The van der Waals surface area contributed by atoms with Crippen molar-refractivity contribution in [3.63, 3.8) is 0 Å². The van der Waals surface area contributed by atoms with Crippen molar-refractivity contribution in [2.24, 2.45) is 0 Å². The maximum atomic E-state index is 12.8. The second kappa shape index (κ2) is 8.64. The predicted molar refractivity (Wildman–Crippen MR) is 107 cm³/mol. The number of carbonyl (C=O) groups is 3. The van der Waals surface area contributed by atoms with E-state index in [4.69, 9.17) is 16.7 Å². The minimum Gasteiger partial charge on any atom is -0.481 e. The van der Waals surface area contributed by atoms with Gasteiger partial charge < -0.3 is 10.4 Å². The fraction of sp³-hybridized carbons (Fsp3) is 0.0526. The van der Waals surface area contributed by atoms with Gasteiger partial charge in [-0.2, -0.15) is 0 Å². The summed E-state index contributed by atoms with van der Waals surface area (Å²) in [5, 5.41) is 16.1. The highest BCUT2D eigenvalue weighted by Gasteiger charge is 2.17. The Morgan fingerprint density at radius 2 is 1.82 bits per heavy atom.